The molecule has 1 aliphatic rings. The van der Waals surface area contributed by atoms with Crippen LogP contribution in [0.15, 0.2) is 24.3 Å². The highest BCUT2D eigenvalue weighted by Gasteiger charge is 2.31. The molecule has 1 aliphatic heterocycles. The molecule has 21 heavy (non-hydrogen) atoms. The van der Waals surface area contributed by atoms with Crippen LogP contribution < -0.4 is 10.1 Å². The van der Waals surface area contributed by atoms with E-state index in [-0.39, 0.29) is 11.9 Å². The molecule has 4 nitrogen and oxygen atoms in total. The summed E-state index contributed by atoms with van der Waals surface area (Å²) in [4.78, 5) is 14.7. The molecule has 0 radical (unpaired) electrons. The maximum Gasteiger partial charge on any atom is 0.245 e. The van der Waals surface area contributed by atoms with Gasteiger partial charge in [0.15, 0.2) is 0 Å². The molecule has 1 fully saturated rings. The van der Waals surface area contributed by atoms with Gasteiger partial charge in [0.05, 0.1) is 7.11 Å². The number of benzene rings is 1. The van der Waals surface area contributed by atoms with Gasteiger partial charge in [0.1, 0.15) is 11.8 Å². The van der Waals surface area contributed by atoms with Crippen LogP contribution in [-0.4, -0.2) is 36.0 Å². The minimum atomic E-state index is -0.221. The zero-order valence-electron chi connectivity index (χ0n) is 13.4. The lowest BCUT2D eigenvalue weighted by Crippen LogP contribution is -2.52. The predicted octanol–water partition coefficient (Wildman–Crippen LogP) is 3.29. The second-order valence-electron chi connectivity index (χ2n) is 5.97. The molecule has 1 aromatic rings. The maximum atomic E-state index is 12.7. The molecular formula is C17H26N2O2. The Labute approximate surface area is 127 Å². The molecule has 0 aromatic heterocycles. The third kappa shape index (κ3) is 3.69. The quantitative estimate of drug-likeness (QED) is 0.925. The second-order valence-corrected chi connectivity index (χ2v) is 5.97. The Morgan fingerprint density at radius 3 is 2.33 bits per heavy atom. The Morgan fingerprint density at radius 2 is 1.81 bits per heavy atom. The number of hydrogen-bond acceptors (Lipinski definition) is 3. The van der Waals surface area contributed by atoms with Crippen molar-refractivity contribution in [3.05, 3.63) is 24.3 Å². The summed E-state index contributed by atoms with van der Waals surface area (Å²) < 4.78 is 5.14. The van der Waals surface area contributed by atoms with E-state index in [9.17, 15) is 4.79 Å². The number of carbonyl (C=O) groups is 1. The lowest BCUT2D eigenvalue weighted by Gasteiger charge is -2.40. The molecule has 0 unspecified atom stereocenters. The first-order valence-electron chi connectivity index (χ1n) is 7.75. The van der Waals surface area contributed by atoms with Gasteiger partial charge < -0.3 is 15.0 Å². The van der Waals surface area contributed by atoms with Gasteiger partial charge in [-0.2, -0.15) is 0 Å². The number of methoxy groups -OCH3 is 1. The van der Waals surface area contributed by atoms with E-state index in [1.165, 1.54) is 6.42 Å². The summed E-state index contributed by atoms with van der Waals surface area (Å²) in [7, 11) is 1.65. The number of hydrogen-bond donors (Lipinski definition) is 1. The van der Waals surface area contributed by atoms with Crippen molar-refractivity contribution in [3.8, 4) is 5.75 Å². The largest absolute Gasteiger partial charge is 0.497 e. The predicted molar refractivity (Wildman–Crippen MR) is 85.7 cm³/mol. The fraction of sp³-hybridized carbons (Fsp3) is 0.588. The first kappa shape index (κ1) is 15.7. The van der Waals surface area contributed by atoms with E-state index in [2.05, 4.69) is 19.2 Å². The molecular weight excluding hydrogens is 264 g/mol. The lowest BCUT2D eigenvalue weighted by atomic mass is 9.96. The van der Waals surface area contributed by atoms with E-state index in [4.69, 9.17) is 4.74 Å². The highest BCUT2D eigenvalue weighted by Crippen LogP contribution is 2.24. The maximum absolute atomic E-state index is 12.7. The van der Waals surface area contributed by atoms with Crippen LogP contribution in [0.25, 0.3) is 0 Å². The summed E-state index contributed by atoms with van der Waals surface area (Å²) in [6.45, 7) is 6.22. The molecule has 0 bridgehead atoms. The Balaban J connectivity index is 2.01. The summed E-state index contributed by atoms with van der Waals surface area (Å²) in [5.41, 5.74) is 0.939. The summed E-state index contributed by atoms with van der Waals surface area (Å²) in [6.07, 6.45) is 3.42. The van der Waals surface area contributed by atoms with Crippen LogP contribution >= 0.6 is 0 Å². The number of rotatable bonds is 4. The van der Waals surface area contributed by atoms with Gasteiger partial charge in [-0.15, -0.1) is 0 Å². The van der Waals surface area contributed by atoms with Crippen LogP contribution in [0.4, 0.5) is 5.69 Å². The summed E-state index contributed by atoms with van der Waals surface area (Å²) >= 11 is 0. The topological polar surface area (TPSA) is 41.6 Å². The molecule has 1 saturated heterocycles. The van der Waals surface area contributed by atoms with Gasteiger partial charge in [-0.1, -0.05) is 0 Å². The van der Waals surface area contributed by atoms with Gasteiger partial charge in [0.2, 0.25) is 5.91 Å². The van der Waals surface area contributed by atoms with Crippen molar-refractivity contribution < 1.29 is 9.53 Å². The van der Waals surface area contributed by atoms with Crippen LogP contribution in [-0.2, 0) is 4.79 Å². The molecule has 3 atom stereocenters. The van der Waals surface area contributed by atoms with Crippen LogP contribution in [0, 0.1) is 0 Å². The second kappa shape index (κ2) is 6.83. The van der Waals surface area contributed by atoms with Crippen molar-refractivity contribution in [3.63, 3.8) is 0 Å². The summed E-state index contributed by atoms with van der Waals surface area (Å²) in [5, 5.41) is 3.28. The fourth-order valence-corrected chi connectivity index (χ4v) is 3.08. The van der Waals surface area contributed by atoms with Crippen molar-refractivity contribution in [1.82, 2.24) is 4.90 Å². The number of nitrogens with zero attached hydrogens (tertiary/aromatic N) is 1. The minimum Gasteiger partial charge on any atom is -0.497 e. The zero-order valence-corrected chi connectivity index (χ0v) is 13.4. The number of amides is 1. The van der Waals surface area contributed by atoms with E-state index in [1.807, 2.05) is 36.1 Å². The number of carbonyl (C=O) groups excluding carboxylic acids is 1. The molecule has 1 aromatic carbocycles. The van der Waals surface area contributed by atoms with Gasteiger partial charge in [-0.3, -0.25) is 4.79 Å². The molecule has 0 aliphatic carbocycles. The van der Waals surface area contributed by atoms with Crippen molar-refractivity contribution in [2.75, 3.05) is 12.4 Å². The van der Waals surface area contributed by atoms with Crippen LogP contribution in [0.3, 0.4) is 0 Å². The van der Waals surface area contributed by atoms with Crippen molar-refractivity contribution in [1.29, 1.82) is 0 Å². The lowest BCUT2D eigenvalue weighted by molar-refractivity contribution is -0.137. The molecule has 1 N–H and O–H groups in total. The fourth-order valence-electron chi connectivity index (χ4n) is 3.08. The zero-order chi connectivity index (χ0) is 15.4. The third-order valence-corrected chi connectivity index (χ3v) is 4.29. The monoisotopic (exact) mass is 290 g/mol. The van der Waals surface area contributed by atoms with Gasteiger partial charge in [-0.25, -0.2) is 0 Å². The van der Waals surface area contributed by atoms with E-state index in [1.54, 1.807) is 7.11 Å². The van der Waals surface area contributed by atoms with Crippen molar-refractivity contribution in [2.45, 2.75) is 58.2 Å². The standard InChI is InChI=1S/C17H26N2O2/c1-12-6-5-7-13(2)19(12)17(20)14(3)18-15-8-10-16(21-4)11-9-15/h8-14,18H,5-7H2,1-4H3/t12-,13-,14-/m1/s1. The minimum absolute atomic E-state index is 0.186. The molecule has 0 spiro atoms. The van der Waals surface area contributed by atoms with Gasteiger partial charge in [0.25, 0.3) is 0 Å². The number of piperidine rings is 1. The first-order valence-corrected chi connectivity index (χ1v) is 7.75. The van der Waals surface area contributed by atoms with Crippen molar-refractivity contribution >= 4 is 11.6 Å². The molecule has 4 heteroatoms. The Hall–Kier alpha value is -1.71. The number of nitrogens with one attached hydrogen (secondary N) is 1. The Kier molecular flexibility index (Phi) is 5.10. The average Bonchev–Trinajstić information content (AvgIpc) is 2.47. The molecule has 1 amide bonds. The highest BCUT2D eigenvalue weighted by atomic mass is 16.5. The molecule has 2 rings (SSSR count). The Bertz CT molecular complexity index is 462. The van der Waals surface area contributed by atoms with Gasteiger partial charge in [-0.05, 0) is 64.3 Å². The van der Waals surface area contributed by atoms with Crippen LogP contribution in [0.5, 0.6) is 5.75 Å². The van der Waals surface area contributed by atoms with Gasteiger partial charge >= 0.3 is 0 Å². The summed E-state index contributed by atoms with van der Waals surface area (Å²) in [5.74, 6) is 1.00. The van der Waals surface area contributed by atoms with E-state index >= 15 is 0 Å². The molecule has 116 valence electrons. The average molecular weight is 290 g/mol. The Morgan fingerprint density at radius 1 is 1.24 bits per heavy atom. The normalized spacial score (nSPS) is 23.5. The van der Waals surface area contributed by atoms with Crippen LogP contribution in [0.1, 0.15) is 40.0 Å². The van der Waals surface area contributed by atoms with Gasteiger partial charge in [0, 0.05) is 17.8 Å². The van der Waals surface area contributed by atoms with E-state index in [0.717, 1.165) is 24.3 Å². The smallest absolute Gasteiger partial charge is 0.245 e. The SMILES string of the molecule is COc1ccc(N[C@H](C)C(=O)N2[C@H](C)CCC[C@H]2C)cc1. The number of ether oxygens (including phenoxy) is 1. The highest BCUT2D eigenvalue weighted by molar-refractivity contribution is 5.85. The number of likely N-dealkylation sites (tertiary alicyclic amines) is 1. The molecule has 1 heterocycles. The van der Waals surface area contributed by atoms with Crippen molar-refractivity contribution in [2.24, 2.45) is 0 Å². The van der Waals surface area contributed by atoms with Crippen LogP contribution in [0.2, 0.25) is 0 Å². The first-order chi connectivity index (χ1) is 10.0. The summed E-state index contributed by atoms with van der Waals surface area (Å²) in [6, 6.07) is 8.11. The molecule has 0 saturated carbocycles. The van der Waals surface area contributed by atoms with E-state index < -0.39 is 0 Å². The number of anilines is 1. The third-order valence-electron chi connectivity index (χ3n) is 4.29. The van der Waals surface area contributed by atoms with E-state index in [0.29, 0.717) is 12.1 Å².